The van der Waals surface area contributed by atoms with Crippen molar-refractivity contribution in [1.29, 1.82) is 0 Å². The van der Waals surface area contributed by atoms with Crippen molar-refractivity contribution < 1.29 is 18.9 Å². The Labute approximate surface area is 225 Å². The maximum Gasteiger partial charge on any atom is 0.236 e. The van der Waals surface area contributed by atoms with Gasteiger partial charge in [-0.1, -0.05) is 24.3 Å². The Balaban J connectivity index is 1.72. The fourth-order valence-electron chi connectivity index (χ4n) is 3.60. The smallest absolute Gasteiger partial charge is 0.236 e. The van der Waals surface area contributed by atoms with Gasteiger partial charge in [-0.2, -0.15) is 9.97 Å². The van der Waals surface area contributed by atoms with Gasteiger partial charge in [0.1, 0.15) is 28.0 Å². The third-order valence-corrected chi connectivity index (χ3v) is 6.38. The highest BCUT2D eigenvalue weighted by Gasteiger charge is 2.22. The van der Waals surface area contributed by atoms with E-state index in [-0.39, 0.29) is 11.6 Å². The number of benzene rings is 2. The van der Waals surface area contributed by atoms with Gasteiger partial charge in [0, 0.05) is 19.2 Å². The molecule has 2 aromatic carbocycles. The van der Waals surface area contributed by atoms with Crippen LogP contribution in [-0.4, -0.2) is 48.4 Å². The molecule has 0 amide bonds. The standard InChI is InChI=1S/C26H29N7O4S/c1-34-18-9-5-16(6-10-18)14-33(15-17-7-11-19(35-2)12-8-17)25-31-23(36-3)22(24(32-25)37-4)38-26-29-20(27)13-21(28)30-26/h5-13H,14-15H2,1-4H3,(H4,27,28,29,30). The molecule has 11 nitrogen and oxygen atoms in total. The highest BCUT2D eigenvalue weighted by molar-refractivity contribution is 7.99. The van der Waals surface area contributed by atoms with Gasteiger partial charge in [0.25, 0.3) is 0 Å². The molecule has 12 heteroatoms. The summed E-state index contributed by atoms with van der Waals surface area (Å²) in [5.74, 6) is 3.08. The minimum atomic E-state index is 0.251. The average Bonchev–Trinajstić information content (AvgIpc) is 2.93. The fraction of sp³-hybridized carbons (Fsp3) is 0.231. The molecule has 0 aliphatic carbocycles. The molecule has 0 spiro atoms. The number of nitrogen functional groups attached to an aromatic ring is 2. The maximum atomic E-state index is 5.84. The summed E-state index contributed by atoms with van der Waals surface area (Å²) in [4.78, 5) is 20.4. The normalized spacial score (nSPS) is 10.6. The average molecular weight is 536 g/mol. The molecule has 0 saturated carbocycles. The Bertz CT molecular complexity index is 1280. The maximum absolute atomic E-state index is 5.84. The fourth-order valence-corrected chi connectivity index (χ4v) is 4.52. The molecule has 4 N–H and O–H groups in total. The largest absolute Gasteiger partial charge is 0.497 e. The quantitative estimate of drug-likeness (QED) is 0.269. The number of nitrogens with zero attached hydrogens (tertiary/aromatic N) is 5. The van der Waals surface area contributed by atoms with Gasteiger partial charge < -0.3 is 35.3 Å². The predicted octanol–water partition coefficient (Wildman–Crippen LogP) is 3.82. The summed E-state index contributed by atoms with van der Waals surface area (Å²) in [6.07, 6.45) is 0. The van der Waals surface area contributed by atoms with E-state index in [9.17, 15) is 0 Å². The third kappa shape index (κ3) is 6.45. The molecule has 0 unspecified atom stereocenters. The Kier molecular flexibility index (Phi) is 8.54. The molecule has 0 atom stereocenters. The SMILES string of the molecule is COc1ccc(CN(Cc2ccc(OC)cc2)c2nc(OC)c(Sc3nc(N)cc(N)n3)c(OC)n2)cc1. The van der Waals surface area contributed by atoms with E-state index in [1.54, 1.807) is 14.2 Å². The van der Waals surface area contributed by atoms with Crippen LogP contribution in [0.4, 0.5) is 17.6 Å². The number of methoxy groups -OCH3 is 4. The van der Waals surface area contributed by atoms with Crippen LogP contribution in [0.15, 0.2) is 64.6 Å². The molecule has 4 aromatic rings. The second kappa shape index (κ2) is 12.2. The molecule has 0 saturated heterocycles. The van der Waals surface area contributed by atoms with Gasteiger partial charge in [-0.25, -0.2) is 9.97 Å². The van der Waals surface area contributed by atoms with E-state index >= 15 is 0 Å². The number of hydrogen-bond donors (Lipinski definition) is 2. The van der Waals surface area contributed by atoms with E-state index in [0.717, 1.165) is 34.4 Å². The molecular weight excluding hydrogens is 506 g/mol. The summed E-state index contributed by atoms with van der Waals surface area (Å²) in [5.41, 5.74) is 13.8. The molecule has 4 rings (SSSR count). The van der Waals surface area contributed by atoms with Crippen LogP contribution in [0.2, 0.25) is 0 Å². The van der Waals surface area contributed by atoms with Gasteiger partial charge in [-0.15, -0.1) is 0 Å². The summed E-state index contributed by atoms with van der Waals surface area (Å²) >= 11 is 1.15. The zero-order valence-electron chi connectivity index (χ0n) is 21.5. The number of ether oxygens (including phenoxy) is 4. The summed E-state index contributed by atoms with van der Waals surface area (Å²) in [6, 6.07) is 17.1. The van der Waals surface area contributed by atoms with Crippen molar-refractivity contribution in [3.05, 3.63) is 65.7 Å². The van der Waals surface area contributed by atoms with Crippen LogP contribution in [0.5, 0.6) is 23.3 Å². The lowest BCUT2D eigenvalue weighted by molar-refractivity contribution is 0.352. The summed E-state index contributed by atoms with van der Waals surface area (Å²) in [5, 5.41) is 0.323. The minimum Gasteiger partial charge on any atom is -0.497 e. The Morgan fingerprint density at radius 3 is 1.50 bits per heavy atom. The van der Waals surface area contributed by atoms with E-state index in [4.69, 9.17) is 40.4 Å². The second-order valence-electron chi connectivity index (χ2n) is 8.03. The number of aromatic nitrogens is 4. The Morgan fingerprint density at radius 1 is 0.658 bits per heavy atom. The first kappa shape index (κ1) is 26.6. The van der Waals surface area contributed by atoms with Crippen LogP contribution in [0.25, 0.3) is 0 Å². The van der Waals surface area contributed by atoms with Crippen LogP contribution >= 0.6 is 11.8 Å². The van der Waals surface area contributed by atoms with E-state index in [1.807, 2.05) is 53.4 Å². The first-order valence-electron chi connectivity index (χ1n) is 11.5. The van der Waals surface area contributed by atoms with Gasteiger partial charge in [-0.3, -0.25) is 0 Å². The highest BCUT2D eigenvalue weighted by atomic mass is 32.2. The van der Waals surface area contributed by atoms with Gasteiger partial charge in [0.2, 0.25) is 17.7 Å². The van der Waals surface area contributed by atoms with Gasteiger partial charge in [-0.05, 0) is 47.2 Å². The van der Waals surface area contributed by atoms with Crippen molar-refractivity contribution >= 4 is 29.3 Å². The third-order valence-electron chi connectivity index (χ3n) is 5.46. The lowest BCUT2D eigenvalue weighted by Gasteiger charge is -2.24. The highest BCUT2D eigenvalue weighted by Crippen LogP contribution is 2.40. The van der Waals surface area contributed by atoms with Crippen molar-refractivity contribution in [3.8, 4) is 23.3 Å². The van der Waals surface area contributed by atoms with Crippen molar-refractivity contribution in [3.63, 3.8) is 0 Å². The van der Waals surface area contributed by atoms with E-state index in [1.165, 1.54) is 20.3 Å². The molecule has 0 aliphatic rings. The number of anilines is 3. The zero-order chi connectivity index (χ0) is 27.1. The van der Waals surface area contributed by atoms with Crippen LogP contribution in [-0.2, 0) is 13.1 Å². The van der Waals surface area contributed by atoms with Gasteiger partial charge in [0.15, 0.2) is 5.16 Å². The van der Waals surface area contributed by atoms with Crippen LogP contribution in [0, 0.1) is 0 Å². The van der Waals surface area contributed by atoms with Crippen LogP contribution in [0.3, 0.4) is 0 Å². The lowest BCUT2D eigenvalue weighted by Crippen LogP contribution is -2.25. The summed E-state index contributed by atoms with van der Waals surface area (Å²) in [6.45, 7) is 1.04. The molecule has 0 bridgehead atoms. The minimum absolute atomic E-state index is 0.251. The van der Waals surface area contributed by atoms with Crippen molar-refractivity contribution in [2.75, 3.05) is 44.8 Å². The monoisotopic (exact) mass is 535 g/mol. The molecule has 38 heavy (non-hydrogen) atoms. The van der Waals surface area contributed by atoms with E-state index in [0.29, 0.717) is 40.8 Å². The number of hydrogen-bond acceptors (Lipinski definition) is 12. The van der Waals surface area contributed by atoms with Crippen molar-refractivity contribution in [1.82, 2.24) is 19.9 Å². The molecule has 2 heterocycles. The molecule has 2 aromatic heterocycles. The second-order valence-corrected chi connectivity index (χ2v) is 9.00. The number of nitrogens with two attached hydrogens (primary N) is 2. The summed E-state index contributed by atoms with van der Waals surface area (Å²) < 4.78 is 21.9. The summed E-state index contributed by atoms with van der Waals surface area (Å²) in [7, 11) is 6.34. The lowest BCUT2D eigenvalue weighted by atomic mass is 10.1. The predicted molar refractivity (Wildman–Crippen MR) is 146 cm³/mol. The molecule has 0 fully saturated rings. The van der Waals surface area contributed by atoms with Crippen molar-refractivity contribution in [2.24, 2.45) is 0 Å². The Morgan fingerprint density at radius 2 is 1.11 bits per heavy atom. The van der Waals surface area contributed by atoms with Crippen LogP contribution < -0.4 is 35.3 Å². The molecule has 0 radical (unpaired) electrons. The van der Waals surface area contributed by atoms with Gasteiger partial charge in [0.05, 0.1) is 28.4 Å². The molecular formula is C26H29N7O4S. The first-order chi connectivity index (χ1) is 18.4. The number of rotatable bonds is 11. The van der Waals surface area contributed by atoms with Gasteiger partial charge >= 0.3 is 0 Å². The zero-order valence-corrected chi connectivity index (χ0v) is 22.4. The Hall–Kier alpha value is -4.45. The van der Waals surface area contributed by atoms with E-state index < -0.39 is 0 Å². The molecule has 0 aliphatic heterocycles. The van der Waals surface area contributed by atoms with Crippen molar-refractivity contribution in [2.45, 2.75) is 23.1 Å². The molecule has 198 valence electrons. The topological polar surface area (TPSA) is 144 Å². The van der Waals surface area contributed by atoms with Crippen LogP contribution in [0.1, 0.15) is 11.1 Å². The van der Waals surface area contributed by atoms with E-state index in [2.05, 4.69) is 9.97 Å². The first-order valence-corrected chi connectivity index (χ1v) is 12.3.